The van der Waals surface area contributed by atoms with Crippen molar-refractivity contribution in [2.24, 2.45) is 11.8 Å². The largest absolute Gasteiger partial charge is 0.481 e. The highest BCUT2D eigenvalue weighted by molar-refractivity contribution is 5.95. The molecule has 0 radical (unpaired) electrons. The van der Waals surface area contributed by atoms with Gasteiger partial charge >= 0.3 is 12.1 Å². The van der Waals surface area contributed by atoms with E-state index < -0.39 is 43.0 Å². The molecule has 1 fully saturated rings. The van der Waals surface area contributed by atoms with Crippen LogP contribution in [0.3, 0.4) is 0 Å². The number of amides is 1. The van der Waals surface area contributed by atoms with Gasteiger partial charge in [0, 0.05) is 13.1 Å². The average molecular weight is 367 g/mol. The molecule has 1 N–H and O–H groups in total. The van der Waals surface area contributed by atoms with E-state index in [0.717, 1.165) is 4.90 Å². The SMILES string of the molecule is Cc1c(C(=O)N2C[C@@H](C(F)(F)F)[C@H](C(=O)O)C2)cnn1-c1ccccc1. The van der Waals surface area contributed by atoms with Gasteiger partial charge in [0.25, 0.3) is 5.91 Å². The van der Waals surface area contributed by atoms with E-state index in [2.05, 4.69) is 5.10 Å². The lowest BCUT2D eigenvalue weighted by atomic mass is 9.96. The number of hydrogen-bond donors (Lipinski definition) is 1. The number of likely N-dealkylation sites (tertiary alicyclic amines) is 1. The minimum atomic E-state index is -4.68. The fourth-order valence-corrected chi connectivity index (χ4v) is 3.17. The van der Waals surface area contributed by atoms with Crippen LogP contribution in [0.4, 0.5) is 13.2 Å². The van der Waals surface area contributed by atoms with Crippen LogP contribution in [-0.2, 0) is 4.79 Å². The molecule has 1 saturated heterocycles. The number of carboxylic acids is 1. The van der Waals surface area contributed by atoms with Gasteiger partial charge in [0.05, 0.1) is 35.0 Å². The Morgan fingerprint density at radius 1 is 1.19 bits per heavy atom. The van der Waals surface area contributed by atoms with Crippen LogP contribution in [-0.4, -0.2) is 50.9 Å². The molecule has 0 spiro atoms. The summed E-state index contributed by atoms with van der Waals surface area (Å²) in [4.78, 5) is 24.8. The Morgan fingerprint density at radius 2 is 1.85 bits per heavy atom. The molecule has 0 bridgehead atoms. The van der Waals surface area contributed by atoms with Crippen LogP contribution in [0.1, 0.15) is 16.1 Å². The number of para-hydroxylation sites is 1. The van der Waals surface area contributed by atoms with Crippen LogP contribution in [0.2, 0.25) is 0 Å². The van der Waals surface area contributed by atoms with Gasteiger partial charge in [-0.15, -0.1) is 0 Å². The summed E-state index contributed by atoms with van der Waals surface area (Å²) in [6.45, 7) is 0.489. The number of halogens is 3. The van der Waals surface area contributed by atoms with Gasteiger partial charge in [-0.2, -0.15) is 18.3 Å². The van der Waals surface area contributed by atoms with Crippen molar-refractivity contribution in [3.05, 3.63) is 47.8 Å². The fourth-order valence-electron chi connectivity index (χ4n) is 3.17. The first-order valence-corrected chi connectivity index (χ1v) is 7.89. The van der Waals surface area contributed by atoms with Gasteiger partial charge in [-0.1, -0.05) is 18.2 Å². The van der Waals surface area contributed by atoms with E-state index >= 15 is 0 Å². The van der Waals surface area contributed by atoms with Gasteiger partial charge in [0.1, 0.15) is 0 Å². The minimum absolute atomic E-state index is 0.154. The zero-order valence-corrected chi connectivity index (χ0v) is 13.8. The quantitative estimate of drug-likeness (QED) is 0.905. The standard InChI is InChI=1S/C17H16F3N3O3/c1-10-12(7-21-23(10)11-5-3-2-4-6-11)15(24)22-8-13(16(25)26)14(9-22)17(18,19)20/h2-7,13-14H,8-9H2,1H3,(H,25,26)/t13-,14-/m1/s1. The molecule has 0 unspecified atom stereocenters. The van der Waals surface area contributed by atoms with Crippen LogP contribution < -0.4 is 0 Å². The third-order valence-electron chi connectivity index (χ3n) is 4.59. The second kappa shape index (κ2) is 6.47. The topological polar surface area (TPSA) is 75.4 Å². The van der Waals surface area contributed by atoms with Gasteiger partial charge in [0.15, 0.2) is 0 Å². The number of hydrogen-bond acceptors (Lipinski definition) is 3. The van der Waals surface area contributed by atoms with Crippen LogP contribution in [0.25, 0.3) is 5.69 Å². The van der Waals surface area contributed by atoms with Crippen LogP contribution >= 0.6 is 0 Å². The molecule has 1 amide bonds. The molecular weight excluding hydrogens is 351 g/mol. The van der Waals surface area contributed by atoms with Gasteiger partial charge in [-0.3, -0.25) is 9.59 Å². The molecule has 1 aromatic carbocycles. The average Bonchev–Trinajstić information content (AvgIpc) is 3.19. The molecular formula is C17H16F3N3O3. The predicted molar refractivity (Wildman–Crippen MR) is 84.9 cm³/mol. The Kier molecular flexibility index (Phi) is 4.47. The van der Waals surface area contributed by atoms with Gasteiger partial charge in [-0.25, -0.2) is 4.68 Å². The summed E-state index contributed by atoms with van der Waals surface area (Å²) in [5.41, 5.74) is 1.34. The molecule has 1 aliphatic rings. The van der Waals surface area contributed by atoms with Crippen molar-refractivity contribution >= 4 is 11.9 Å². The molecule has 2 heterocycles. The molecule has 2 atom stereocenters. The molecule has 1 aliphatic heterocycles. The maximum absolute atomic E-state index is 13.1. The Labute approximate surface area is 146 Å². The highest BCUT2D eigenvalue weighted by atomic mass is 19.4. The number of aliphatic carboxylic acids is 1. The number of carboxylic acid groups (broad SMARTS) is 1. The molecule has 138 valence electrons. The van der Waals surface area contributed by atoms with Gasteiger partial charge < -0.3 is 10.0 Å². The van der Waals surface area contributed by atoms with Crippen molar-refractivity contribution in [2.75, 3.05) is 13.1 Å². The van der Waals surface area contributed by atoms with Crippen molar-refractivity contribution in [3.63, 3.8) is 0 Å². The van der Waals surface area contributed by atoms with Crippen LogP contribution in [0.5, 0.6) is 0 Å². The molecule has 0 aliphatic carbocycles. The van der Waals surface area contributed by atoms with Crippen molar-refractivity contribution in [1.29, 1.82) is 0 Å². The number of benzene rings is 1. The zero-order chi connectivity index (χ0) is 19.1. The van der Waals surface area contributed by atoms with Crippen LogP contribution in [0, 0.1) is 18.8 Å². The summed E-state index contributed by atoms with van der Waals surface area (Å²) in [6.07, 6.45) is -3.39. The maximum Gasteiger partial charge on any atom is 0.394 e. The van der Waals surface area contributed by atoms with E-state index in [1.807, 2.05) is 6.07 Å². The fraction of sp³-hybridized carbons (Fsp3) is 0.353. The van der Waals surface area contributed by atoms with E-state index in [-0.39, 0.29) is 5.56 Å². The number of carbonyl (C=O) groups is 2. The first-order valence-electron chi connectivity index (χ1n) is 7.89. The third kappa shape index (κ3) is 3.16. The van der Waals surface area contributed by atoms with E-state index in [9.17, 15) is 22.8 Å². The zero-order valence-electron chi connectivity index (χ0n) is 13.8. The summed E-state index contributed by atoms with van der Waals surface area (Å²) in [5, 5.41) is 13.2. The number of aromatic nitrogens is 2. The van der Waals surface area contributed by atoms with E-state index in [1.165, 1.54) is 10.9 Å². The second-order valence-electron chi connectivity index (χ2n) is 6.19. The molecule has 1 aromatic heterocycles. The van der Waals surface area contributed by atoms with Crippen molar-refractivity contribution in [3.8, 4) is 5.69 Å². The predicted octanol–water partition coefficient (Wildman–Crippen LogP) is 2.52. The van der Waals surface area contributed by atoms with E-state index in [0.29, 0.717) is 11.4 Å². The Balaban J connectivity index is 1.87. The number of nitrogens with zero attached hydrogens (tertiary/aromatic N) is 3. The first kappa shape index (κ1) is 18.0. The number of rotatable bonds is 3. The van der Waals surface area contributed by atoms with Crippen molar-refractivity contribution in [2.45, 2.75) is 13.1 Å². The molecule has 6 nitrogen and oxygen atoms in total. The Morgan fingerprint density at radius 3 is 2.38 bits per heavy atom. The lowest BCUT2D eigenvalue weighted by Gasteiger charge is -2.18. The van der Waals surface area contributed by atoms with Gasteiger partial charge in [-0.05, 0) is 19.1 Å². The van der Waals surface area contributed by atoms with E-state index in [4.69, 9.17) is 5.11 Å². The van der Waals surface area contributed by atoms with Crippen molar-refractivity contribution in [1.82, 2.24) is 14.7 Å². The highest BCUT2D eigenvalue weighted by Crippen LogP contribution is 2.38. The summed E-state index contributed by atoms with van der Waals surface area (Å²) in [6, 6.07) is 8.98. The summed E-state index contributed by atoms with van der Waals surface area (Å²) in [5.74, 6) is -5.95. The molecule has 3 rings (SSSR count). The summed E-state index contributed by atoms with van der Waals surface area (Å²) < 4.78 is 40.8. The van der Waals surface area contributed by atoms with Crippen molar-refractivity contribution < 1.29 is 27.9 Å². The third-order valence-corrected chi connectivity index (χ3v) is 4.59. The highest BCUT2D eigenvalue weighted by Gasteiger charge is 2.53. The van der Waals surface area contributed by atoms with Gasteiger partial charge in [0.2, 0.25) is 0 Å². The van der Waals surface area contributed by atoms with E-state index in [1.54, 1.807) is 31.2 Å². The van der Waals surface area contributed by atoms with Crippen LogP contribution in [0.15, 0.2) is 36.5 Å². The normalized spacial score (nSPS) is 20.4. The maximum atomic E-state index is 13.1. The second-order valence-corrected chi connectivity index (χ2v) is 6.19. The Bertz CT molecular complexity index is 833. The lowest BCUT2D eigenvalue weighted by molar-refractivity contribution is -0.187. The molecule has 26 heavy (non-hydrogen) atoms. The first-order chi connectivity index (χ1) is 12.2. The summed E-state index contributed by atoms with van der Waals surface area (Å²) >= 11 is 0. The monoisotopic (exact) mass is 367 g/mol. The minimum Gasteiger partial charge on any atom is -0.481 e. The molecule has 9 heteroatoms. The smallest absolute Gasteiger partial charge is 0.394 e. The summed E-state index contributed by atoms with van der Waals surface area (Å²) in [7, 11) is 0. The number of carbonyl (C=O) groups excluding carboxylic acids is 1. The Hall–Kier alpha value is -2.84. The lowest BCUT2D eigenvalue weighted by Crippen LogP contribution is -2.34. The molecule has 2 aromatic rings. The number of alkyl halides is 3. The molecule has 0 saturated carbocycles.